The van der Waals surface area contributed by atoms with Crippen LogP contribution in [-0.2, 0) is 18.3 Å². The number of rotatable bonds is 6. The summed E-state index contributed by atoms with van der Waals surface area (Å²) in [5.74, 6) is -0.822. The second kappa shape index (κ2) is 7.42. The number of hydrogen-bond donors (Lipinski definition) is 2. The van der Waals surface area contributed by atoms with E-state index in [9.17, 15) is 14.3 Å². The predicted molar refractivity (Wildman–Crippen MR) is 83.1 cm³/mol. The molecular weight excluding hydrogens is 307 g/mol. The molecule has 2 aromatic rings. The van der Waals surface area contributed by atoms with Gasteiger partial charge in [0.2, 0.25) is 5.91 Å². The predicted octanol–water partition coefficient (Wildman–Crippen LogP) is 2.60. The van der Waals surface area contributed by atoms with E-state index in [1.807, 2.05) is 29.9 Å². The van der Waals surface area contributed by atoms with E-state index in [1.54, 1.807) is 6.07 Å². The molecule has 2 N–H and O–H groups in total. The first-order valence-corrected chi connectivity index (χ1v) is 7.35. The van der Waals surface area contributed by atoms with Crippen molar-refractivity contribution in [1.29, 1.82) is 0 Å². The molecule has 1 aromatic carbocycles. The fourth-order valence-electron chi connectivity index (χ4n) is 2.24. The van der Waals surface area contributed by atoms with E-state index in [2.05, 4.69) is 5.32 Å². The van der Waals surface area contributed by atoms with Gasteiger partial charge in [0.15, 0.2) is 0 Å². The zero-order valence-electron chi connectivity index (χ0n) is 12.2. The fourth-order valence-corrected chi connectivity index (χ4v) is 2.47. The van der Waals surface area contributed by atoms with Crippen LogP contribution in [0.25, 0.3) is 0 Å². The molecule has 0 aliphatic heterocycles. The number of nitrogens with one attached hydrogen (secondary N) is 1. The van der Waals surface area contributed by atoms with Gasteiger partial charge in [-0.2, -0.15) is 0 Å². The van der Waals surface area contributed by atoms with E-state index in [0.29, 0.717) is 13.0 Å². The summed E-state index contributed by atoms with van der Waals surface area (Å²) >= 11 is 5.88. The van der Waals surface area contributed by atoms with E-state index >= 15 is 0 Å². The zero-order valence-corrected chi connectivity index (χ0v) is 13.0. The van der Waals surface area contributed by atoms with Crippen LogP contribution in [0.1, 0.15) is 23.8 Å². The van der Waals surface area contributed by atoms with Gasteiger partial charge >= 0.3 is 0 Å². The molecular formula is C16H18ClFN2O2. The monoisotopic (exact) mass is 324 g/mol. The molecule has 0 unspecified atom stereocenters. The van der Waals surface area contributed by atoms with Crippen LogP contribution in [0.15, 0.2) is 36.5 Å². The van der Waals surface area contributed by atoms with Crippen molar-refractivity contribution in [3.8, 4) is 0 Å². The average Bonchev–Trinajstić information content (AvgIpc) is 2.89. The summed E-state index contributed by atoms with van der Waals surface area (Å²) < 4.78 is 15.4. The van der Waals surface area contributed by atoms with Gasteiger partial charge in [0.1, 0.15) is 5.82 Å². The number of aromatic nitrogens is 1. The largest absolute Gasteiger partial charge is 0.387 e. The summed E-state index contributed by atoms with van der Waals surface area (Å²) in [5.41, 5.74) is 0.969. The minimum atomic E-state index is -0.655. The second-order valence-corrected chi connectivity index (χ2v) is 5.48. The first-order chi connectivity index (χ1) is 10.5. The van der Waals surface area contributed by atoms with Crippen LogP contribution < -0.4 is 5.32 Å². The number of aryl methyl sites for hydroxylation is 1. The van der Waals surface area contributed by atoms with Crippen molar-refractivity contribution in [2.24, 2.45) is 7.05 Å². The molecule has 0 spiro atoms. The third kappa shape index (κ3) is 4.08. The highest BCUT2D eigenvalue weighted by molar-refractivity contribution is 6.31. The maximum absolute atomic E-state index is 13.6. The summed E-state index contributed by atoms with van der Waals surface area (Å²) in [5, 5.41) is 12.9. The van der Waals surface area contributed by atoms with Crippen molar-refractivity contribution in [3.63, 3.8) is 0 Å². The lowest BCUT2D eigenvalue weighted by molar-refractivity contribution is -0.120. The molecule has 22 heavy (non-hydrogen) atoms. The van der Waals surface area contributed by atoms with Crippen molar-refractivity contribution in [2.75, 3.05) is 6.54 Å². The molecule has 0 radical (unpaired) electrons. The number of benzene rings is 1. The third-order valence-corrected chi connectivity index (χ3v) is 3.82. The Bertz CT molecular complexity index is 637. The summed E-state index contributed by atoms with van der Waals surface area (Å²) in [4.78, 5) is 11.8. The highest BCUT2D eigenvalue weighted by Crippen LogP contribution is 2.19. The van der Waals surface area contributed by atoms with E-state index in [1.165, 1.54) is 12.1 Å². The molecule has 0 saturated heterocycles. The molecule has 0 bridgehead atoms. The minimum absolute atomic E-state index is 0.119. The standard InChI is InChI=1S/C16H18ClFN2O2/c1-20-9-3-6-14(20)15(21)7-8-19-16(22)10-11-12(17)4-2-5-13(11)18/h2-6,9,15,21H,7-8,10H2,1H3,(H,19,22)/t15-/m1/s1. The Kier molecular flexibility index (Phi) is 5.57. The smallest absolute Gasteiger partial charge is 0.224 e. The average molecular weight is 325 g/mol. The lowest BCUT2D eigenvalue weighted by Gasteiger charge is -2.13. The van der Waals surface area contributed by atoms with Gasteiger partial charge in [0.05, 0.1) is 12.5 Å². The van der Waals surface area contributed by atoms with Crippen LogP contribution in [-0.4, -0.2) is 22.1 Å². The molecule has 6 heteroatoms. The van der Waals surface area contributed by atoms with E-state index in [-0.39, 0.29) is 22.9 Å². The van der Waals surface area contributed by atoms with Crippen LogP contribution in [0.2, 0.25) is 5.02 Å². The molecule has 1 heterocycles. The molecule has 0 fully saturated rings. The molecule has 1 atom stereocenters. The lowest BCUT2D eigenvalue weighted by atomic mass is 10.1. The van der Waals surface area contributed by atoms with Crippen LogP contribution in [0.5, 0.6) is 0 Å². The third-order valence-electron chi connectivity index (χ3n) is 3.46. The Balaban J connectivity index is 1.82. The number of amides is 1. The number of aliphatic hydroxyl groups excluding tert-OH is 1. The van der Waals surface area contributed by atoms with E-state index in [0.717, 1.165) is 5.69 Å². The summed E-state index contributed by atoms with van der Waals surface area (Å²) in [7, 11) is 1.84. The molecule has 0 aliphatic rings. The highest BCUT2D eigenvalue weighted by atomic mass is 35.5. The van der Waals surface area contributed by atoms with E-state index < -0.39 is 11.9 Å². The second-order valence-electron chi connectivity index (χ2n) is 5.08. The van der Waals surface area contributed by atoms with Crippen LogP contribution in [0, 0.1) is 5.82 Å². The molecule has 1 aromatic heterocycles. The van der Waals surface area contributed by atoms with Crippen LogP contribution >= 0.6 is 11.6 Å². The Labute approximate surface area is 133 Å². The Morgan fingerprint density at radius 3 is 2.82 bits per heavy atom. The molecule has 1 amide bonds. The molecule has 4 nitrogen and oxygen atoms in total. The van der Waals surface area contributed by atoms with Gasteiger partial charge in [-0.25, -0.2) is 4.39 Å². The van der Waals surface area contributed by atoms with Gasteiger partial charge in [-0.05, 0) is 30.7 Å². The Hall–Kier alpha value is -1.85. The lowest BCUT2D eigenvalue weighted by Crippen LogP contribution is -2.27. The van der Waals surface area contributed by atoms with Gasteiger partial charge in [0, 0.05) is 36.1 Å². The van der Waals surface area contributed by atoms with E-state index in [4.69, 9.17) is 11.6 Å². The molecule has 0 saturated carbocycles. The van der Waals surface area contributed by atoms with Gasteiger partial charge in [-0.1, -0.05) is 17.7 Å². The quantitative estimate of drug-likeness (QED) is 0.858. The van der Waals surface area contributed by atoms with Gasteiger partial charge in [-0.3, -0.25) is 4.79 Å². The molecule has 2 rings (SSSR count). The first kappa shape index (κ1) is 16.5. The van der Waals surface area contributed by atoms with Crippen molar-refractivity contribution in [1.82, 2.24) is 9.88 Å². The van der Waals surface area contributed by atoms with Crippen LogP contribution in [0.3, 0.4) is 0 Å². The van der Waals surface area contributed by atoms with Crippen molar-refractivity contribution in [2.45, 2.75) is 18.9 Å². The van der Waals surface area contributed by atoms with Gasteiger partial charge in [-0.15, -0.1) is 0 Å². The maximum atomic E-state index is 13.6. The number of nitrogens with zero attached hydrogens (tertiary/aromatic N) is 1. The number of aliphatic hydroxyl groups is 1. The molecule has 118 valence electrons. The first-order valence-electron chi connectivity index (χ1n) is 6.98. The normalized spacial score (nSPS) is 12.2. The van der Waals surface area contributed by atoms with Crippen molar-refractivity contribution >= 4 is 17.5 Å². The number of halogens is 2. The highest BCUT2D eigenvalue weighted by Gasteiger charge is 2.13. The van der Waals surface area contributed by atoms with Gasteiger partial charge in [0.25, 0.3) is 0 Å². The van der Waals surface area contributed by atoms with Crippen molar-refractivity contribution in [3.05, 3.63) is 58.6 Å². The number of carbonyl (C=O) groups is 1. The number of hydrogen-bond acceptors (Lipinski definition) is 2. The minimum Gasteiger partial charge on any atom is -0.387 e. The van der Waals surface area contributed by atoms with Crippen LogP contribution in [0.4, 0.5) is 4.39 Å². The SMILES string of the molecule is Cn1cccc1[C@H](O)CCNC(=O)Cc1c(F)cccc1Cl. The Morgan fingerprint density at radius 1 is 1.41 bits per heavy atom. The number of carbonyl (C=O) groups excluding carboxylic acids is 1. The summed E-state index contributed by atoms with van der Waals surface area (Å²) in [6.45, 7) is 0.303. The Morgan fingerprint density at radius 2 is 2.18 bits per heavy atom. The molecule has 0 aliphatic carbocycles. The van der Waals surface area contributed by atoms with Gasteiger partial charge < -0.3 is 15.0 Å². The summed E-state index contributed by atoms with van der Waals surface area (Å²) in [6.07, 6.45) is 1.45. The zero-order chi connectivity index (χ0) is 16.1. The topological polar surface area (TPSA) is 54.3 Å². The van der Waals surface area contributed by atoms with Crippen molar-refractivity contribution < 1.29 is 14.3 Å². The maximum Gasteiger partial charge on any atom is 0.224 e. The fraction of sp³-hybridized carbons (Fsp3) is 0.312. The summed E-state index contributed by atoms with van der Waals surface area (Å²) in [6, 6.07) is 7.98.